The van der Waals surface area contributed by atoms with Gasteiger partial charge in [0.1, 0.15) is 5.82 Å². The Morgan fingerprint density at radius 1 is 1.21 bits per heavy atom. The zero-order valence-electron chi connectivity index (χ0n) is 18.6. The lowest BCUT2D eigenvalue weighted by Crippen LogP contribution is -2.41. The molecule has 0 fully saturated rings. The van der Waals surface area contributed by atoms with Crippen molar-refractivity contribution in [2.45, 2.75) is 30.7 Å². The summed E-state index contributed by atoms with van der Waals surface area (Å²) in [5.74, 6) is -0.130. The summed E-state index contributed by atoms with van der Waals surface area (Å²) < 4.78 is 41.2. The summed E-state index contributed by atoms with van der Waals surface area (Å²) >= 11 is 7.66. The highest BCUT2D eigenvalue weighted by Crippen LogP contribution is 2.34. The normalized spacial score (nSPS) is 18.4. The third-order valence-corrected chi connectivity index (χ3v) is 8.26. The van der Waals surface area contributed by atoms with E-state index in [1.807, 2.05) is 12.1 Å². The largest absolute Gasteiger partial charge is 0.383 e. The van der Waals surface area contributed by atoms with E-state index in [0.29, 0.717) is 22.4 Å². The Morgan fingerprint density at radius 3 is 2.68 bits per heavy atom. The molecule has 0 saturated heterocycles. The van der Waals surface area contributed by atoms with E-state index in [9.17, 15) is 12.8 Å². The summed E-state index contributed by atoms with van der Waals surface area (Å²) in [6.07, 6.45) is 5.69. The smallest absolute Gasteiger partial charge is 0.263 e. The Morgan fingerprint density at radius 2 is 2.00 bits per heavy atom. The molecule has 1 aliphatic carbocycles. The van der Waals surface area contributed by atoms with E-state index < -0.39 is 10.0 Å². The van der Waals surface area contributed by atoms with Gasteiger partial charge in [0.05, 0.1) is 15.6 Å². The zero-order valence-corrected chi connectivity index (χ0v) is 21.0. The van der Waals surface area contributed by atoms with Gasteiger partial charge < -0.3 is 10.6 Å². The molecule has 0 radical (unpaired) electrons. The number of benzene rings is 2. The number of sulfonamides is 1. The first-order valence-corrected chi connectivity index (χ1v) is 13.8. The summed E-state index contributed by atoms with van der Waals surface area (Å²) in [4.78, 5) is 4.02. The average Bonchev–Trinajstić information content (AvgIpc) is 3.32. The summed E-state index contributed by atoms with van der Waals surface area (Å²) in [6, 6.07) is 11.5. The number of anilines is 2. The van der Waals surface area contributed by atoms with Crippen LogP contribution in [0.4, 0.5) is 15.2 Å². The van der Waals surface area contributed by atoms with Crippen molar-refractivity contribution >= 4 is 49.4 Å². The molecular weight excluding hydrogens is 495 g/mol. The fourth-order valence-corrected chi connectivity index (χ4v) is 6.32. The van der Waals surface area contributed by atoms with Gasteiger partial charge in [-0.15, -0.1) is 11.3 Å². The first-order valence-electron chi connectivity index (χ1n) is 11.0. The van der Waals surface area contributed by atoms with Crippen LogP contribution in [0, 0.1) is 11.7 Å². The van der Waals surface area contributed by atoms with Crippen molar-refractivity contribution in [1.82, 2.24) is 10.3 Å². The van der Waals surface area contributed by atoms with Gasteiger partial charge in [-0.05, 0) is 60.9 Å². The second-order valence-corrected chi connectivity index (χ2v) is 11.0. The quantitative estimate of drug-likeness (QED) is 0.341. The van der Waals surface area contributed by atoms with Gasteiger partial charge in [-0.3, -0.25) is 4.72 Å². The summed E-state index contributed by atoms with van der Waals surface area (Å²) in [6.45, 7) is 3.51. The van der Waals surface area contributed by atoms with Crippen LogP contribution in [0.25, 0.3) is 5.57 Å². The highest BCUT2D eigenvalue weighted by atomic mass is 35.5. The van der Waals surface area contributed by atoms with Crippen LogP contribution >= 0.6 is 22.9 Å². The first kappa shape index (κ1) is 24.7. The van der Waals surface area contributed by atoms with E-state index in [2.05, 4.69) is 33.3 Å². The maximum atomic E-state index is 13.5. The maximum absolute atomic E-state index is 13.5. The van der Waals surface area contributed by atoms with Gasteiger partial charge in [0, 0.05) is 30.1 Å². The molecular formula is C24H26ClFN4O2S2. The molecule has 2 aromatic carbocycles. The standard InChI is InChI=1S/C24H26ClFN4O2S2/c1-2-27-22-5-3-4-19(16-6-8-17(26)9-7-16)20(22)15-29-23-11-10-18(14-21(23)25)34(31,32)30-24-28-12-13-33-24/h4,6-14,20,22,27,29H,2-3,5,15H2,1H3,(H,28,30). The topological polar surface area (TPSA) is 83.1 Å². The van der Waals surface area contributed by atoms with Crippen molar-refractivity contribution in [3.63, 3.8) is 0 Å². The molecule has 0 bridgehead atoms. The fourth-order valence-electron chi connectivity index (χ4n) is 4.19. The number of halogens is 2. The molecule has 0 aliphatic heterocycles. The molecule has 2 unspecified atom stereocenters. The van der Waals surface area contributed by atoms with E-state index in [1.165, 1.54) is 41.8 Å². The minimum absolute atomic E-state index is 0.0633. The van der Waals surface area contributed by atoms with Gasteiger partial charge in [-0.1, -0.05) is 36.7 Å². The lowest BCUT2D eigenvalue weighted by molar-refractivity contribution is 0.403. The van der Waals surface area contributed by atoms with E-state index in [1.54, 1.807) is 11.4 Å². The van der Waals surface area contributed by atoms with E-state index >= 15 is 0 Å². The Bertz CT molecular complexity index is 1250. The molecule has 10 heteroatoms. The Balaban J connectivity index is 1.52. The highest BCUT2D eigenvalue weighted by molar-refractivity contribution is 7.93. The molecule has 0 amide bonds. The van der Waals surface area contributed by atoms with Crippen molar-refractivity contribution in [2.75, 3.05) is 23.1 Å². The summed E-state index contributed by atoms with van der Waals surface area (Å²) in [5.41, 5.74) is 2.80. The van der Waals surface area contributed by atoms with Gasteiger partial charge in [-0.2, -0.15) is 0 Å². The number of aromatic nitrogens is 1. The molecule has 1 aromatic heterocycles. The maximum Gasteiger partial charge on any atom is 0.263 e. The number of nitrogens with one attached hydrogen (secondary N) is 3. The molecule has 2 atom stereocenters. The lowest BCUT2D eigenvalue weighted by atomic mass is 9.79. The molecule has 4 rings (SSSR count). The third-order valence-electron chi connectivity index (χ3n) is 5.79. The number of hydrogen-bond donors (Lipinski definition) is 3. The number of thiazole rings is 1. The van der Waals surface area contributed by atoms with Crippen LogP contribution in [0.5, 0.6) is 0 Å². The lowest BCUT2D eigenvalue weighted by Gasteiger charge is -2.34. The molecule has 0 saturated carbocycles. The summed E-state index contributed by atoms with van der Waals surface area (Å²) in [5, 5.41) is 9.26. The summed E-state index contributed by atoms with van der Waals surface area (Å²) in [7, 11) is -3.79. The predicted octanol–water partition coefficient (Wildman–Crippen LogP) is 5.62. The van der Waals surface area contributed by atoms with Crippen molar-refractivity contribution in [3.05, 3.63) is 76.5 Å². The molecule has 3 aromatic rings. The average molecular weight is 521 g/mol. The van der Waals surface area contributed by atoms with Gasteiger partial charge in [0.15, 0.2) is 5.13 Å². The molecule has 6 nitrogen and oxygen atoms in total. The predicted molar refractivity (Wildman–Crippen MR) is 137 cm³/mol. The van der Waals surface area contributed by atoms with Crippen molar-refractivity contribution in [1.29, 1.82) is 0 Å². The highest BCUT2D eigenvalue weighted by Gasteiger charge is 2.28. The van der Waals surface area contributed by atoms with Crippen molar-refractivity contribution in [2.24, 2.45) is 5.92 Å². The number of nitrogens with zero attached hydrogens (tertiary/aromatic N) is 1. The Hall–Kier alpha value is -2.46. The second kappa shape index (κ2) is 10.9. The van der Waals surface area contributed by atoms with Crippen LogP contribution in [0.1, 0.15) is 25.3 Å². The van der Waals surface area contributed by atoms with Crippen LogP contribution in [0.3, 0.4) is 0 Å². The van der Waals surface area contributed by atoms with Crippen LogP contribution < -0.4 is 15.4 Å². The molecule has 180 valence electrons. The molecule has 34 heavy (non-hydrogen) atoms. The molecule has 3 N–H and O–H groups in total. The van der Waals surface area contributed by atoms with Gasteiger partial charge in [-0.25, -0.2) is 17.8 Å². The zero-order chi connectivity index (χ0) is 24.1. The van der Waals surface area contributed by atoms with Crippen molar-refractivity contribution < 1.29 is 12.8 Å². The van der Waals surface area contributed by atoms with Gasteiger partial charge in [0.25, 0.3) is 10.0 Å². The molecule has 1 aliphatic rings. The van der Waals surface area contributed by atoms with Crippen LogP contribution in [0.15, 0.2) is 65.0 Å². The van der Waals surface area contributed by atoms with Gasteiger partial charge in [0.2, 0.25) is 0 Å². The SMILES string of the molecule is CCNC1CCC=C(c2ccc(F)cc2)C1CNc1ccc(S(=O)(=O)Nc2nccs2)cc1Cl. The molecule has 1 heterocycles. The van der Waals surface area contributed by atoms with E-state index in [0.717, 1.165) is 30.5 Å². The third kappa shape index (κ3) is 5.78. The van der Waals surface area contributed by atoms with Crippen LogP contribution in [-0.2, 0) is 10.0 Å². The minimum Gasteiger partial charge on any atom is -0.383 e. The molecule has 0 spiro atoms. The number of rotatable bonds is 9. The van der Waals surface area contributed by atoms with Gasteiger partial charge >= 0.3 is 0 Å². The van der Waals surface area contributed by atoms with Crippen molar-refractivity contribution in [3.8, 4) is 0 Å². The van der Waals surface area contributed by atoms with E-state index in [-0.39, 0.29) is 22.7 Å². The van der Waals surface area contributed by atoms with E-state index in [4.69, 9.17) is 11.6 Å². The number of allylic oxidation sites excluding steroid dienone is 1. The Kier molecular flexibility index (Phi) is 7.88. The first-order chi connectivity index (χ1) is 16.4. The van der Waals surface area contributed by atoms with Crippen LogP contribution in [0.2, 0.25) is 5.02 Å². The number of hydrogen-bond acceptors (Lipinski definition) is 6. The minimum atomic E-state index is -3.79. The Labute approximate surface area is 208 Å². The second-order valence-electron chi connectivity index (χ2n) is 7.98. The monoisotopic (exact) mass is 520 g/mol. The van der Waals surface area contributed by atoms with Crippen LogP contribution in [-0.4, -0.2) is 32.5 Å². The fraction of sp³-hybridized carbons (Fsp3) is 0.292.